The van der Waals surface area contributed by atoms with E-state index < -0.39 is 16.4 Å². The van der Waals surface area contributed by atoms with Gasteiger partial charge in [0.05, 0.1) is 17.4 Å². The van der Waals surface area contributed by atoms with E-state index in [0.717, 1.165) is 17.7 Å². The SMILES string of the molecule is N#CCc1ccc(OCc2ccc([N+](=O)[O-])c(F)c2)cc1. The lowest BCUT2D eigenvalue weighted by Gasteiger charge is -2.07. The van der Waals surface area contributed by atoms with E-state index in [1.807, 2.05) is 6.07 Å². The lowest BCUT2D eigenvalue weighted by atomic mass is 10.1. The van der Waals surface area contributed by atoms with Crippen molar-refractivity contribution in [2.24, 2.45) is 0 Å². The Balaban J connectivity index is 2.01. The highest BCUT2D eigenvalue weighted by atomic mass is 19.1. The van der Waals surface area contributed by atoms with Crippen molar-refractivity contribution in [3.8, 4) is 11.8 Å². The third-order valence-electron chi connectivity index (χ3n) is 2.82. The van der Waals surface area contributed by atoms with E-state index in [4.69, 9.17) is 10.00 Å². The monoisotopic (exact) mass is 286 g/mol. The topological polar surface area (TPSA) is 76.2 Å². The number of halogens is 1. The molecule has 0 aliphatic heterocycles. The van der Waals surface area contributed by atoms with E-state index in [2.05, 4.69) is 0 Å². The van der Waals surface area contributed by atoms with Gasteiger partial charge in [-0.3, -0.25) is 10.1 Å². The van der Waals surface area contributed by atoms with Gasteiger partial charge in [0.25, 0.3) is 0 Å². The van der Waals surface area contributed by atoms with Gasteiger partial charge in [-0.2, -0.15) is 9.65 Å². The minimum atomic E-state index is -0.884. The number of nitriles is 1. The van der Waals surface area contributed by atoms with E-state index in [-0.39, 0.29) is 6.61 Å². The molecule has 21 heavy (non-hydrogen) atoms. The Labute approximate surface area is 120 Å². The Morgan fingerprint density at radius 1 is 1.19 bits per heavy atom. The summed E-state index contributed by atoms with van der Waals surface area (Å²) in [7, 11) is 0. The van der Waals surface area contributed by atoms with Crippen LogP contribution in [-0.2, 0) is 13.0 Å². The van der Waals surface area contributed by atoms with Crippen molar-refractivity contribution in [1.82, 2.24) is 0 Å². The highest BCUT2D eigenvalue weighted by Gasteiger charge is 2.13. The summed E-state index contributed by atoms with van der Waals surface area (Å²) >= 11 is 0. The molecular weight excluding hydrogens is 275 g/mol. The largest absolute Gasteiger partial charge is 0.489 e. The molecule has 0 fully saturated rings. The number of ether oxygens (including phenoxy) is 1. The molecule has 0 aliphatic rings. The van der Waals surface area contributed by atoms with Crippen molar-refractivity contribution in [3.63, 3.8) is 0 Å². The van der Waals surface area contributed by atoms with Gasteiger partial charge in [0.15, 0.2) is 0 Å². The maximum absolute atomic E-state index is 13.4. The summed E-state index contributed by atoms with van der Waals surface area (Å²) in [6, 6.07) is 12.7. The van der Waals surface area contributed by atoms with Crippen LogP contribution in [0.4, 0.5) is 10.1 Å². The molecule has 0 amide bonds. The summed E-state index contributed by atoms with van der Waals surface area (Å²) in [5.74, 6) is -0.305. The van der Waals surface area contributed by atoms with Gasteiger partial charge in [0.2, 0.25) is 5.82 Å². The number of nitro groups is 1. The zero-order chi connectivity index (χ0) is 15.2. The third kappa shape index (κ3) is 3.76. The van der Waals surface area contributed by atoms with Crippen LogP contribution in [0.5, 0.6) is 5.75 Å². The number of hydrogen-bond acceptors (Lipinski definition) is 4. The summed E-state index contributed by atoms with van der Waals surface area (Å²) in [6.45, 7) is 0.104. The minimum absolute atomic E-state index is 0.104. The summed E-state index contributed by atoms with van der Waals surface area (Å²) in [4.78, 5) is 9.74. The fraction of sp³-hybridized carbons (Fsp3) is 0.133. The van der Waals surface area contributed by atoms with Gasteiger partial charge < -0.3 is 4.74 Å². The van der Waals surface area contributed by atoms with E-state index >= 15 is 0 Å². The molecule has 0 radical (unpaired) electrons. The second-order valence-electron chi connectivity index (χ2n) is 4.31. The smallest absolute Gasteiger partial charge is 0.304 e. The van der Waals surface area contributed by atoms with Crippen LogP contribution >= 0.6 is 0 Å². The Kier molecular flexibility index (Phi) is 4.46. The molecular formula is C15H11FN2O3. The van der Waals surface area contributed by atoms with Crippen LogP contribution in [0.25, 0.3) is 0 Å². The normalized spacial score (nSPS) is 9.90. The highest BCUT2D eigenvalue weighted by Crippen LogP contribution is 2.20. The van der Waals surface area contributed by atoms with Crippen LogP contribution in [0, 0.1) is 27.3 Å². The maximum Gasteiger partial charge on any atom is 0.304 e. The molecule has 0 heterocycles. The number of hydrogen-bond donors (Lipinski definition) is 0. The molecule has 0 saturated carbocycles. The van der Waals surface area contributed by atoms with Crippen molar-refractivity contribution < 1.29 is 14.1 Å². The minimum Gasteiger partial charge on any atom is -0.489 e. The molecule has 0 atom stereocenters. The van der Waals surface area contributed by atoms with Crippen LogP contribution in [0.3, 0.4) is 0 Å². The van der Waals surface area contributed by atoms with E-state index in [1.165, 1.54) is 6.07 Å². The first kappa shape index (κ1) is 14.5. The predicted octanol–water partition coefficient (Wildman–Crippen LogP) is 3.38. The molecule has 6 heteroatoms. The van der Waals surface area contributed by atoms with Crippen molar-refractivity contribution >= 4 is 5.69 Å². The van der Waals surface area contributed by atoms with Crippen LogP contribution < -0.4 is 4.74 Å². The molecule has 0 unspecified atom stereocenters. The molecule has 0 spiro atoms. The zero-order valence-electron chi connectivity index (χ0n) is 11.0. The van der Waals surface area contributed by atoms with Gasteiger partial charge in [0, 0.05) is 6.07 Å². The summed E-state index contributed by atoms with van der Waals surface area (Å²) in [5, 5.41) is 19.1. The molecule has 0 saturated heterocycles. The van der Waals surface area contributed by atoms with Crippen LogP contribution in [0.2, 0.25) is 0 Å². The van der Waals surface area contributed by atoms with Crippen LogP contribution in [-0.4, -0.2) is 4.92 Å². The summed E-state index contributed by atoms with van der Waals surface area (Å²) < 4.78 is 18.9. The Morgan fingerprint density at radius 2 is 1.86 bits per heavy atom. The number of nitrogens with zero attached hydrogens (tertiary/aromatic N) is 2. The molecule has 106 valence electrons. The Morgan fingerprint density at radius 3 is 2.43 bits per heavy atom. The average Bonchev–Trinajstić information content (AvgIpc) is 2.46. The van der Waals surface area contributed by atoms with Crippen molar-refractivity contribution in [3.05, 3.63) is 69.5 Å². The van der Waals surface area contributed by atoms with Gasteiger partial charge in [-0.15, -0.1) is 0 Å². The number of benzene rings is 2. The van der Waals surface area contributed by atoms with Crippen molar-refractivity contribution in [2.45, 2.75) is 13.0 Å². The molecule has 0 aromatic heterocycles. The molecule has 2 aromatic carbocycles. The fourth-order valence-corrected chi connectivity index (χ4v) is 1.75. The number of nitro benzene ring substituents is 1. The molecule has 5 nitrogen and oxygen atoms in total. The Bertz CT molecular complexity index is 693. The fourth-order valence-electron chi connectivity index (χ4n) is 1.75. The Hall–Kier alpha value is -2.94. The van der Waals surface area contributed by atoms with Crippen molar-refractivity contribution in [2.75, 3.05) is 0 Å². The standard InChI is InChI=1S/C15H11FN2O3/c16-14-9-12(3-6-15(14)18(19)20)10-21-13-4-1-11(2-5-13)7-8-17/h1-6,9H,7,10H2. The summed E-state index contributed by atoms with van der Waals surface area (Å²) in [5.41, 5.74) is 0.824. The van der Waals surface area contributed by atoms with Gasteiger partial charge in [-0.1, -0.05) is 12.1 Å². The summed E-state index contributed by atoms with van der Waals surface area (Å²) in [6.07, 6.45) is 0.327. The predicted molar refractivity (Wildman–Crippen MR) is 73.1 cm³/mol. The first-order valence-corrected chi connectivity index (χ1v) is 6.11. The van der Waals surface area contributed by atoms with Gasteiger partial charge in [-0.25, -0.2) is 0 Å². The third-order valence-corrected chi connectivity index (χ3v) is 2.82. The second-order valence-corrected chi connectivity index (χ2v) is 4.31. The molecule has 0 N–H and O–H groups in total. The number of rotatable bonds is 5. The van der Waals surface area contributed by atoms with Gasteiger partial charge in [0.1, 0.15) is 12.4 Å². The zero-order valence-corrected chi connectivity index (χ0v) is 11.0. The van der Waals surface area contributed by atoms with E-state index in [9.17, 15) is 14.5 Å². The van der Waals surface area contributed by atoms with Crippen LogP contribution in [0.1, 0.15) is 11.1 Å². The van der Waals surface area contributed by atoms with Crippen LogP contribution in [0.15, 0.2) is 42.5 Å². The lowest BCUT2D eigenvalue weighted by molar-refractivity contribution is -0.387. The molecule has 0 aliphatic carbocycles. The highest BCUT2D eigenvalue weighted by molar-refractivity contribution is 5.35. The average molecular weight is 286 g/mol. The molecule has 0 bridgehead atoms. The molecule has 2 aromatic rings. The van der Waals surface area contributed by atoms with E-state index in [0.29, 0.717) is 17.7 Å². The van der Waals surface area contributed by atoms with Crippen molar-refractivity contribution in [1.29, 1.82) is 5.26 Å². The maximum atomic E-state index is 13.4. The van der Waals surface area contributed by atoms with E-state index in [1.54, 1.807) is 24.3 Å². The quantitative estimate of drug-likeness (QED) is 0.623. The second kappa shape index (κ2) is 6.48. The first-order valence-electron chi connectivity index (χ1n) is 6.11. The molecule has 2 rings (SSSR count). The van der Waals surface area contributed by atoms with Gasteiger partial charge >= 0.3 is 5.69 Å². The first-order chi connectivity index (χ1) is 10.1. The lowest BCUT2D eigenvalue weighted by Crippen LogP contribution is -1.98. The van der Waals surface area contributed by atoms with Gasteiger partial charge in [-0.05, 0) is 35.4 Å².